The van der Waals surface area contributed by atoms with Gasteiger partial charge in [0, 0.05) is 6.54 Å². The molecule has 7 heteroatoms. The fraction of sp³-hybridized carbons (Fsp3) is 0.160. The van der Waals surface area contributed by atoms with E-state index in [0.717, 1.165) is 16.7 Å². The van der Waals surface area contributed by atoms with Crippen LogP contribution in [0.1, 0.15) is 28.4 Å². The van der Waals surface area contributed by atoms with Crippen LogP contribution in [0.5, 0.6) is 0 Å². The minimum absolute atomic E-state index is 0.0781. The van der Waals surface area contributed by atoms with E-state index in [2.05, 4.69) is 16.4 Å². The van der Waals surface area contributed by atoms with Gasteiger partial charge in [-0.15, -0.1) is 11.6 Å². The smallest absolute Gasteiger partial charge is 0.340 e. The number of ether oxygens (including phenoxy) is 1. The zero-order valence-corrected chi connectivity index (χ0v) is 18.4. The van der Waals surface area contributed by atoms with Gasteiger partial charge >= 0.3 is 5.97 Å². The maximum atomic E-state index is 12.5. The van der Waals surface area contributed by atoms with Gasteiger partial charge < -0.3 is 15.8 Å². The topological polar surface area (TPSA) is 100 Å². The molecule has 3 N–H and O–H groups in total. The molecule has 32 heavy (non-hydrogen) atoms. The Bertz CT molecular complexity index is 1170. The van der Waals surface area contributed by atoms with Crippen LogP contribution in [0.25, 0.3) is 11.1 Å². The molecule has 162 valence electrons. The number of carbonyl (C=O) groups is 1. The fourth-order valence-electron chi connectivity index (χ4n) is 3.21. The van der Waals surface area contributed by atoms with E-state index in [1.54, 1.807) is 31.2 Å². The summed E-state index contributed by atoms with van der Waals surface area (Å²) in [5.74, 6) is -0.120. The third kappa shape index (κ3) is 5.45. The molecule has 3 aromatic rings. The predicted molar refractivity (Wildman–Crippen MR) is 128 cm³/mol. The van der Waals surface area contributed by atoms with E-state index < -0.39 is 5.97 Å². The first-order chi connectivity index (χ1) is 15.6. The molecule has 0 unspecified atom stereocenters. The highest BCUT2D eigenvalue weighted by atomic mass is 35.5. The first-order valence-corrected chi connectivity index (χ1v) is 10.6. The van der Waals surface area contributed by atoms with E-state index in [4.69, 9.17) is 22.1 Å². The number of para-hydroxylation sites is 1. The van der Waals surface area contributed by atoms with Crippen molar-refractivity contribution < 1.29 is 9.53 Å². The summed E-state index contributed by atoms with van der Waals surface area (Å²) in [5.41, 5.74) is 10.7. The number of hydrogen-bond acceptors (Lipinski definition) is 5. The molecule has 0 fully saturated rings. The zero-order chi connectivity index (χ0) is 22.9. The van der Waals surface area contributed by atoms with E-state index in [1.807, 2.05) is 42.5 Å². The lowest BCUT2D eigenvalue weighted by atomic mass is 9.99. The van der Waals surface area contributed by atoms with E-state index in [-0.39, 0.29) is 18.3 Å². The molecule has 0 aromatic heterocycles. The number of halogens is 1. The van der Waals surface area contributed by atoms with Gasteiger partial charge in [0.2, 0.25) is 0 Å². The second kappa shape index (κ2) is 11.0. The molecule has 0 aliphatic heterocycles. The fourth-order valence-corrected chi connectivity index (χ4v) is 3.27. The Morgan fingerprint density at radius 2 is 1.88 bits per heavy atom. The van der Waals surface area contributed by atoms with Crippen molar-refractivity contribution in [1.82, 2.24) is 0 Å². The molecule has 3 rings (SSSR count). The molecular formula is C25H23ClN4O2. The van der Waals surface area contributed by atoms with Crippen LogP contribution in [0.4, 0.5) is 11.4 Å². The second-order valence-corrected chi connectivity index (χ2v) is 7.13. The lowest BCUT2D eigenvalue weighted by Gasteiger charge is -2.15. The Kier molecular flexibility index (Phi) is 7.85. The lowest BCUT2D eigenvalue weighted by Crippen LogP contribution is -2.14. The second-order valence-electron chi connectivity index (χ2n) is 6.86. The summed E-state index contributed by atoms with van der Waals surface area (Å²) in [6.07, 6.45) is 0. The molecule has 3 aromatic carbocycles. The third-order valence-electron chi connectivity index (χ3n) is 4.72. The van der Waals surface area contributed by atoms with Crippen molar-refractivity contribution in [3.63, 3.8) is 0 Å². The molecule has 0 heterocycles. The van der Waals surface area contributed by atoms with Crippen molar-refractivity contribution in [1.29, 1.82) is 5.26 Å². The minimum atomic E-state index is -0.444. The van der Waals surface area contributed by atoms with Crippen LogP contribution in [0.2, 0.25) is 0 Å². The maximum absolute atomic E-state index is 12.5. The van der Waals surface area contributed by atoms with Crippen LogP contribution in [0.3, 0.4) is 0 Å². The molecule has 0 radical (unpaired) electrons. The average Bonchev–Trinajstić information content (AvgIpc) is 2.83. The van der Waals surface area contributed by atoms with Gasteiger partial charge in [-0.2, -0.15) is 5.26 Å². The first-order valence-electron chi connectivity index (χ1n) is 10.1. The van der Waals surface area contributed by atoms with Crippen LogP contribution in [-0.2, 0) is 11.3 Å². The molecule has 0 bridgehead atoms. The lowest BCUT2D eigenvalue weighted by molar-refractivity contribution is 0.0527. The van der Waals surface area contributed by atoms with Gasteiger partial charge in [0.25, 0.3) is 0 Å². The zero-order valence-electron chi connectivity index (χ0n) is 17.6. The summed E-state index contributed by atoms with van der Waals surface area (Å²) in [6.45, 7) is 2.46. The number of nitriles is 1. The van der Waals surface area contributed by atoms with E-state index in [1.165, 1.54) is 0 Å². The van der Waals surface area contributed by atoms with Crippen LogP contribution < -0.4 is 11.1 Å². The van der Waals surface area contributed by atoms with Crippen LogP contribution in [-0.4, -0.2) is 24.3 Å². The minimum Gasteiger partial charge on any atom is -0.462 e. The van der Waals surface area contributed by atoms with Crippen LogP contribution in [0.15, 0.2) is 71.7 Å². The summed E-state index contributed by atoms with van der Waals surface area (Å²) in [7, 11) is 0. The van der Waals surface area contributed by atoms with Crippen molar-refractivity contribution in [3.05, 3.63) is 83.4 Å². The maximum Gasteiger partial charge on any atom is 0.340 e. The Morgan fingerprint density at radius 3 is 2.56 bits per heavy atom. The van der Waals surface area contributed by atoms with E-state index >= 15 is 0 Å². The molecule has 0 saturated heterocycles. The Labute approximate surface area is 192 Å². The molecular weight excluding hydrogens is 424 g/mol. The SMILES string of the molecule is CCOC(=O)c1cccc(N=C(N)CCl)c1NCc1ccc(-c2ccccc2C#N)cc1. The summed E-state index contributed by atoms with van der Waals surface area (Å²) in [5, 5.41) is 12.6. The van der Waals surface area contributed by atoms with E-state index in [0.29, 0.717) is 29.0 Å². The van der Waals surface area contributed by atoms with Crippen LogP contribution >= 0.6 is 11.6 Å². The molecule has 0 saturated carbocycles. The number of rotatable bonds is 8. The highest BCUT2D eigenvalue weighted by molar-refractivity contribution is 6.28. The molecule has 6 nitrogen and oxygen atoms in total. The number of nitrogens with two attached hydrogens (primary N) is 1. The number of hydrogen-bond donors (Lipinski definition) is 2. The predicted octanol–water partition coefficient (Wildman–Crippen LogP) is 5.24. The number of anilines is 1. The number of aliphatic imine (C=N–C) groups is 1. The van der Waals surface area contributed by atoms with Gasteiger partial charge in [0.1, 0.15) is 5.84 Å². The summed E-state index contributed by atoms with van der Waals surface area (Å²) >= 11 is 5.78. The van der Waals surface area contributed by atoms with Crippen molar-refractivity contribution in [2.45, 2.75) is 13.5 Å². The number of nitrogens with zero attached hydrogens (tertiary/aromatic N) is 2. The van der Waals surface area contributed by atoms with Gasteiger partial charge in [-0.25, -0.2) is 9.79 Å². The van der Waals surface area contributed by atoms with Crippen LogP contribution in [0, 0.1) is 11.3 Å². The average molecular weight is 447 g/mol. The summed E-state index contributed by atoms with van der Waals surface area (Å²) in [6, 6.07) is 22.7. The van der Waals surface area contributed by atoms with Crippen molar-refractivity contribution in [2.24, 2.45) is 10.7 Å². The Balaban J connectivity index is 1.87. The quantitative estimate of drug-likeness (QED) is 0.213. The number of esters is 1. The van der Waals surface area contributed by atoms with Gasteiger partial charge in [-0.05, 0) is 41.8 Å². The monoisotopic (exact) mass is 446 g/mol. The molecule has 0 atom stereocenters. The van der Waals surface area contributed by atoms with Crippen molar-refractivity contribution >= 4 is 34.8 Å². The van der Waals surface area contributed by atoms with Crippen molar-refractivity contribution in [3.8, 4) is 17.2 Å². The summed E-state index contributed by atoms with van der Waals surface area (Å²) < 4.78 is 5.18. The first kappa shape index (κ1) is 22.9. The molecule has 0 aliphatic rings. The Hall–Kier alpha value is -3.82. The standard InChI is InChI=1S/C25H23ClN4O2/c1-2-32-25(31)21-8-5-9-22(30-23(28)14-26)24(21)29-16-17-10-12-18(13-11-17)20-7-4-3-6-19(20)15-27/h3-13,29H,2,14,16H2,1H3,(H2,28,30). The molecule has 0 aliphatic carbocycles. The number of amidine groups is 1. The molecule has 0 amide bonds. The number of nitrogens with one attached hydrogen (secondary N) is 1. The number of alkyl halides is 1. The highest BCUT2D eigenvalue weighted by Gasteiger charge is 2.16. The highest BCUT2D eigenvalue weighted by Crippen LogP contribution is 2.31. The third-order valence-corrected chi connectivity index (χ3v) is 4.99. The largest absolute Gasteiger partial charge is 0.462 e. The van der Waals surface area contributed by atoms with Gasteiger partial charge in [0.15, 0.2) is 0 Å². The van der Waals surface area contributed by atoms with E-state index in [9.17, 15) is 10.1 Å². The van der Waals surface area contributed by atoms with Gasteiger partial charge in [0.05, 0.1) is 41.1 Å². The van der Waals surface area contributed by atoms with Gasteiger partial charge in [-0.1, -0.05) is 48.5 Å². The number of carbonyl (C=O) groups excluding carboxylic acids is 1. The molecule has 0 spiro atoms. The number of benzene rings is 3. The normalized spacial score (nSPS) is 11.0. The Morgan fingerprint density at radius 1 is 1.12 bits per heavy atom. The van der Waals surface area contributed by atoms with Crippen molar-refractivity contribution in [2.75, 3.05) is 17.8 Å². The van der Waals surface area contributed by atoms with Gasteiger partial charge in [-0.3, -0.25) is 0 Å². The summed E-state index contributed by atoms with van der Waals surface area (Å²) in [4.78, 5) is 16.8.